The zero-order valence-corrected chi connectivity index (χ0v) is 28.7. The fraction of sp³-hybridized carbons (Fsp3) is 0.325. The second kappa shape index (κ2) is 14.2. The molecule has 12 heteroatoms. The van der Waals surface area contributed by atoms with Crippen LogP contribution in [0.2, 0.25) is 0 Å². The fourth-order valence-electron chi connectivity index (χ4n) is 7.83. The molecule has 0 N–H and O–H groups in total. The van der Waals surface area contributed by atoms with E-state index in [0.29, 0.717) is 61.7 Å². The Bertz CT molecular complexity index is 2150. The van der Waals surface area contributed by atoms with E-state index in [-0.39, 0.29) is 47.8 Å². The molecular weight excluding hydrogens is 663 g/mol. The Morgan fingerprint density at radius 3 is 2.08 bits per heavy atom. The van der Waals surface area contributed by atoms with Gasteiger partial charge in [-0.15, -0.1) is 0 Å². The molecule has 3 amide bonds. The summed E-state index contributed by atoms with van der Waals surface area (Å²) < 4.78 is 22.7. The molecule has 0 unspecified atom stereocenters. The summed E-state index contributed by atoms with van der Waals surface area (Å²) in [4.78, 5) is 62.9. The van der Waals surface area contributed by atoms with Gasteiger partial charge in [-0.05, 0) is 98.9 Å². The zero-order chi connectivity index (χ0) is 35.8. The number of hydrogen-bond acceptors (Lipinski definition) is 7. The van der Waals surface area contributed by atoms with Crippen LogP contribution in [0.5, 0.6) is 5.75 Å². The molecule has 0 atom stereocenters. The first-order valence-corrected chi connectivity index (χ1v) is 17.9. The maximum atomic E-state index is 13.7. The number of imidazole rings is 1. The number of piperidine rings is 2. The number of likely N-dealkylation sites (tertiary alicyclic amines) is 2. The molecular formula is C40H39FN6O5. The van der Waals surface area contributed by atoms with E-state index in [1.165, 1.54) is 12.1 Å². The summed E-state index contributed by atoms with van der Waals surface area (Å²) in [6.45, 7) is 4.08. The smallest absolute Gasteiger partial charge is 0.329 e. The second-order valence-corrected chi connectivity index (χ2v) is 13.7. The largest absolute Gasteiger partial charge is 0.492 e. The lowest BCUT2D eigenvalue weighted by atomic mass is 9.93. The van der Waals surface area contributed by atoms with E-state index < -0.39 is 0 Å². The van der Waals surface area contributed by atoms with Crippen LogP contribution in [0.3, 0.4) is 0 Å². The van der Waals surface area contributed by atoms with Crippen LogP contribution in [0.25, 0.3) is 11.0 Å². The van der Waals surface area contributed by atoms with Crippen LogP contribution in [-0.2, 0) is 17.9 Å². The number of carbonyl (C=O) groups is 3. The van der Waals surface area contributed by atoms with Crippen molar-refractivity contribution in [3.63, 3.8) is 0 Å². The summed E-state index contributed by atoms with van der Waals surface area (Å²) >= 11 is 0. The molecule has 266 valence electrons. The predicted octanol–water partition coefficient (Wildman–Crippen LogP) is 5.29. The predicted molar refractivity (Wildman–Crippen MR) is 193 cm³/mol. The Balaban J connectivity index is 0.834. The molecule has 2 fully saturated rings. The quantitative estimate of drug-likeness (QED) is 0.192. The molecule has 11 nitrogen and oxygen atoms in total. The van der Waals surface area contributed by atoms with Crippen molar-refractivity contribution in [1.82, 2.24) is 23.9 Å². The number of para-hydroxylation sites is 2. The minimum absolute atomic E-state index is 0.0143. The van der Waals surface area contributed by atoms with Crippen LogP contribution in [-0.4, -0.2) is 74.4 Å². The highest BCUT2D eigenvalue weighted by atomic mass is 19.1. The summed E-state index contributed by atoms with van der Waals surface area (Å²) in [7, 11) is 0. The van der Waals surface area contributed by atoms with Gasteiger partial charge in [-0.3, -0.25) is 28.4 Å². The third-order valence-corrected chi connectivity index (χ3v) is 10.6. The molecule has 0 bridgehead atoms. The van der Waals surface area contributed by atoms with Gasteiger partial charge in [0.2, 0.25) is 5.91 Å². The van der Waals surface area contributed by atoms with Crippen molar-refractivity contribution >= 4 is 34.6 Å². The van der Waals surface area contributed by atoms with E-state index in [1.807, 2.05) is 39.8 Å². The van der Waals surface area contributed by atoms with Gasteiger partial charge in [-0.1, -0.05) is 30.3 Å². The lowest BCUT2D eigenvalue weighted by molar-refractivity contribution is -0.138. The van der Waals surface area contributed by atoms with Crippen LogP contribution in [0, 0.1) is 11.7 Å². The average molecular weight is 703 g/mol. The highest BCUT2D eigenvalue weighted by Gasteiger charge is 2.37. The number of anilines is 1. The van der Waals surface area contributed by atoms with Crippen molar-refractivity contribution in [2.24, 2.45) is 5.92 Å². The number of ether oxygens (including phenoxy) is 1. The molecule has 0 spiro atoms. The number of pyridine rings is 1. The monoisotopic (exact) mass is 702 g/mol. The maximum absolute atomic E-state index is 13.7. The minimum atomic E-state index is -0.361. The Morgan fingerprint density at radius 1 is 0.769 bits per heavy atom. The number of amides is 3. The Hall–Kier alpha value is -5.62. The SMILES string of the molecule is O=C(C1CCN(Cc2ccc(N3C(=O)c4ccccc4C3=O)nc2)CC1)N1CCC(n2c(=O)n(CCOc3ccc(F)cc3)c3ccccc32)CC1. The van der Waals surface area contributed by atoms with E-state index in [1.54, 1.807) is 53.2 Å². The van der Waals surface area contributed by atoms with Crippen molar-refractivity contribution in [2.75, 3.05) is 37.7 Å². The third kappa shape index (κ3) is 6.38. The summed E-state index contributed by atoms with van der Waals surface area (Å²) in [5, 5.41) is 0. The van der Waals surface area contributed by atoms with E-state index in [4.69, 9.17) is 4.74 Å². The molecule has 2 saturated heterocycles. The third-order valence-electron chi connectivity index (χ3n) is 10.6. The van der Waals surface area contributed by atoms with Crippen molar-refractivity contribution in [1.29, 1.82) is 0 Å². The molecule has 3 aromatic carbocycles. The summed E-state index contributed by atoms with van der Waals surface area (Å²) in [5.41, 5.74) is 3.39. The van der Waals surface area contributed by atoms with Crippen molar-refractivity contribution in [3.8, 4) is 5.75 Å². The normalized spacial score (nSPS) is 17.2. The minimum Gasteiger partial charge on any atom is -0.492 e. The molecule has 3 aliphatic heterocycles. The van der Waals surface area contributed by atoms with Gasteiger partial charge in [0.25, 0.3) is 11.8 Å². The van der Waals surface area contributed by atoms with Crippen molar-refractivity contribution in [2.45, 2.75) is 44.8 Å². The number of nitrogens with zero attached hydrogens (tertiary/aromatic N) is 6. The molecule has 3 aliphatic rings. The molecule has 8 rings (SSSR count). The number of aromatic nitrogens is 3. The molecule has 2 aromatic heterocycles. The second-order valence-electron chi connectivity index (χ2n) is 13.7. The average Bonchev–Trinajstić information content (AvgIpc) is 3.61. The molecule has 0 saturated carbocycles. The number of benzene rings is 3. The lowest BCUT2D eigenvalue weighted by Crippen LogP contribution is -2.46. The number of carbonyl (C=O) groups excluding carboxylic acids is 3. The van der Waals surface area contributed by atoms with Crippen molar-refractivity contribution in [3.05, 3.63) is 124 Å². The highest BCUT2D eigenvalue weighted by Crippen LogP contribution is 2.30. The highest BCUT2D eigenvalue weighted by molar-refractivity contribution is 6.34. The summed E-state index contributed by atoms with van der Waals surface area (Å²) in [6.07, 6.45) is 4.66. The first kappa shape index (κ1) is 33.5. The van der Waals surface area contributed by atoms with E-state index in [9.17, 15) is 23.6 Å². The van der Waals surface area contributed by atoms with Crippen LogP contribution < -0.4 is 15.3 Å². The fourth-order valence-corrected chi connectivity index (χ4v) is 7.83. The van der Waals surface area contributed by atoms with Gasteiger partial charge in [-0.2, -0.15) is 0 Å². The van der Waals surface area contributed by atoms with Crippen LogP contribution in [0.1, 0.15) is 58.0 Å². The molecule has 0 aliphatic carbocycles. The first-order chi connectivity index (χ1) is 25.4. The molecule has 5 aromatic rings. The first-order valence-electron chi connectivity index (χ1n) is 17.9. The van der Waals surface area contributed by atoms with E-state index in [2.05, 4.69) is 9.88 Å². The standard InChI is InChI=1S/C40H39FN6O5/c41-29-10-12-31(13-11-29)52-24-23-45-34-7-3-4-8-35(34)46(40(45)51)30-17-21-44(22-18-30)37(48)28-15-19-43(20-16-28)26-27-9-14-36(42-25-27)47-38(49)32-5-1-2-6-33(32)39(47)50/h1-14,25,28,30H,15-24,26H2. The van der Waals surface area contributed by atoms with E-state index in [0.717, 1.165) is 47.4 Å². The lowest BCUT2D eigenvalue weighted by Gasteiger charge is -2.37. The molecule has 52 heavy (non-hydrogen) atoms. The van der Waals surface area contributed by atoms with Gasteiger partial charge in [0.15, 0.2) is 0 Å². The van der Waals surface area contributed by atoms with Crippen LogP contribution in [0.4, 0.5) is 10.2 Å². The van der Waals surface area contributed by atoms with Crippen LogP contribution >= 0.6 is 0 Å². The zero-order valence-electron chi connectivity index (χ0n) is 28.7. The maximum Gasteiger partial charge on any atom is 0.329 e. The van der Waals surface area contributed by atoms with Gasteiger partial charge in [-0.25, -0.2) is 19.1 Å². The summed E-state index contributed by atoms with van der Waals surface area (Å²) in [6, 6.07) is 24.0. The van der Waals surface area contributed by atoms with Crippen molar-refractivity contribution < 1.29 is 23.5 Å². The van der Waals surface area contributed by atoms with E-state index >= 15 is 0 Å². The summed E-state index contributed by atoms with van der Waals surface area (Å²) in [5.74, 6) is -0.0333. The number of hydrogen-bond donors (Lipinski definition) is 0. The van der Waals surface area contributed by atoms with Gasteiger partial charge in [0, 0.05) is 37.8 Å². The van der Waals surface area contributed by atoms with Gasteiger partial charge in [0.1, 0.15) is 24.0 Å². The van der Waals surface area contributed by atoms with Gasteiger partial charge < -0.3 is 9.64 Å². The van der Waals surface area contributed by atoms with Gasteiger partial charge >= 0.3 is 5.69 Å². The van der Waals surface area contributed by atoms with Gasteiger partial charge in [0.05, 0.1) is 28.7 Å². The topological polar surface area (TPSA) is 110 Å². The number of halogens is 1. The number of rotatable bonds is 9. The molecule has 5 heterocycles. The Kier molecular flexibility index (Phi) is 9.14. The number of imide groups is 1. The molecule has 0 radical (unpaired) electrons. The Labute approximate surface area is 299 Å². The van der Waals surface area contributed by atoms with Crippen LogP contribution in [0.15, 0.2) is 95.9 Å². The Morgan fingerprint density at radius 2 is 1.42 bits per heavy atom. The number of fused-ring (bicyclic) bond motifs is 2.